The van der Waals surface area contributed by atoms with Crippen LogP contribution in [0.3, 0.4) is 0 Å². The number of likely N-dealkylation sites (tertiary alicyclic amines) is 1. The minimum Gasteiger partial charge on any atom is -0.467 e. The number of nitrogens with zero attached hydrogens (tertiary/aromatic N) is 1. The standard InChI is InChI=1S/C21H19NO2/c23-21(22-14-4-8-19(22)20-9-5-15-24-20)18-12-10-17(11-13-18)16-6-2-1-3-7-16/h1-3,5-7,9-13,15,19H,4,8,14H2/t19-/m1/s1. The molecule has 1 saturated heterocycles. The van der Waals surface area contributed by atoms with Crippen LogP contribution in [0.4, 0.5) is 0 Å². The van der Waals surface area contributed by atoms with Crippen molar-refractivity contribution in [2.45, 2.75) is 18.9 Å². The first-order valence-electron chi connectivity index (χ1n) is 8.33. The van der Waals surface area contributed by atoms with Crippen LogP contribution in [0.15, 0.2) is 77.4 Å². The highest BCUT2D eigenvalue weighted by Gasteiger charge is 2.32. The topological polar surface area (TPSA) is 33.5 Å². The summed E-state index contributed by atoms with van der Waals surface area (Å²) in [7, 11) is 0. The second kappa shape index (κ2) is 6.36. The van der Waals surface area contributed by atoms with Crippen molar-refractivity contribution in [3.63, 3.8) is 0 Å². The van der Waals surface area contributed by atoms with Crippen LogP contribution in [0.2, 0.25) is 0 Å². The molecule has 2 heterocycles. The summed E-state index contributed by atoms with van der Waals surface area (Å²) in [6, 6.07) is 21.9. The van der Waals surface area contributed by atoms with Gasteiger partial charge in [0.25, 0.3) is 5.91 Å². The maximum absolute atomic E-state index is 12.9. The van der Waals surface area contributed by atoms with E-state index in [-0.39, 0.29) is 11.9 Å². The Morgan fingerprint density at radius 2 is 1.67 bits per heavy atom. The molecule has 3 nitrogen and oxygen atoms in total. The summed E-state index contributed by atoms with van der Waals surface area (Å²) in [5, 5.41) is 0. The van der Waals surface area contributed by atoms with Crippen molar-refractivity contribution >= 4 is 5.91 Å². The van der Waals surface area contributed by atoms with E-state index in [0.29, 0.717) is 0 Å². The van der Waals surface area contributed by atoms with Crippen molar-refractivity contribution in [3.8, 4) is 11.1 Å². The second-order valence-electron chi connectivity index (χ2n) is 6.12. The Labute approximate surface area is 141 Å². The van der Waals surface area contributed by atoms with E-state index in [2.05, 4.69) is 12.1 Å². The largest absolute Gasteiger partial charge is 0.467 e. The average molecular weight is 317 g/mol. The summed E-state index contributed by atoms with van der Waals surface area (Å²) in [5.41, 5.74) is 3.01. The third-order valence-corrected chi connectivity index (χ3v) is 4.62. The lowest BCUT2D eigenvalue weighted by Crippen LogP contribution is -2.30. The van der Waals surface area contributed by atoms with Gasteiger partial charge in [-0.25, -0.2) is 0 Å². The summed E-state index contributed by atoms with van der Waals surface area (Å²) < 4.78 is 5.52. The van der Waals surface area contributed by atoms with Gasteiger partial charge in [0.05, 0.1) is 12.3 Å². The highest BCUT2D eigenvalue weighted by molar-refractivity contribution is 5.95. The van der Waals surface area contributed by atoms with Crippen LogP contribution in [0.25, 0.3) is 11.1 Å². The van der Waals surface area contributed by atoms with Crippen LogP contribution in [0, 0.1) is 0 Å². The normalized spacial score (nSPS) is 17.2. The van der Waals surface area contributed by atoms with Crippen LogP contribution < -0.4 is 0 Å². The van der Waals surface area contributed by atoms with Gasteiger partial charge in [-0.3, -0.25) is 4.79 Å². The Hall–Kier alpha value is -2.81. The Bertz CT molecular complexity index is 807. The van der Waals surface area contributed by atoms with Crippen LogP contribution >= 0.6 is 0 Å². The second-order valence-corrected chi connectivity index (χ2v) is 6.12. The Morgan fingerprint density at radius 1 is 0.917 bits per heavy atom. The number of rotatable bonds is 3. The van der Waals surface area contributed by atoms with Gasteiger partial charge in [0, 0.05) is 12.1 Å². The molecule has 1 amide bonds. The molecule has 0 unspecified atom stereocenters. The van der Waals surface area contributed by atoms with Crippen molar-refractivity contribution < 1.29 is 9.21 Å². The lowest BCUT2D eigenvalue weighted by molar-refractivity contribution is 0.0720. The molecule has 1 aliphatic heterocycles. The SMILES string of the molecule is O=C(c1ccc(-c2ccccc2)cc1)N1CCC[C@@H]1c1ccco1. The summed E-state index contributed by atoms with van der Waals surface area (Å²) in [5.74, 6) is 0.954. The predicted octanol–water partition coefficient (Wildman–Crippen LogP) is 4.92. The highest BCUT2D eigenvalue weighted by atomic mass is 16.3. The predicted molar refractivity (Wildman–Crippen MR) is 93.6 cm³/mol. The zero-order valence-corrected chi connectivity index (χ0v) is 13.4. The van der Waals surface area contributed by atoms with Gasteiger partial charge in [-0.1, -0.05) is 42.5 Å². The Kier molecular flexibility index (Phi) is 3.91. The maximum Gasteiger partial charge on any atom is 0.254 e. The summed E-state index contributed by atoms with van der Waals surface area (Å²) >= 11 is 0. The lowest BCUT2D eigenvalue weighted by Gasteiger charge is -2.23. The average Bonchev–Trinajstić information content (AvgIpc) is 3.33. The van der Waals surface area contributed by atoms with Gasteiger partial charge in [-0.2, -0.15) is 0 Å². The van der Waals surface area contributed by atoms with E-state index < -0.39 is 0 Å². The van der Waals surface area contributed by atoms with Gasteiger partial charge < -0.3 is 9.32 Å². The van der Waals surface area contributed by atoms with Gasteiger partial charge in [0.1, 0.15) is 5.76 Å². The van der Waals surface area contributed by atoms with Crippen LogP contribution in [0.5, 0.6) is 0 Å². The van der Waals surface area contributed by atoms with Crippen molar-refractivity contribution in [2.75, 3.05) is 6.54 Å². The number of amides is 1. The molecular weight excluding hydrogens is 298 g/mol. The summed E-state index contributed by atoms with van der Waals surface area (Å²) in [6.45, 7) is 0.782. The molecular formula is C21H19NO2. The number of furan rings is 1. The molecule has 4 rings (SSSR count). The zero-order valence-electron chi connectivity index (χ0n) is 13.4. The van der Waals surface area contributed by atoms with E-state index in [1.807, 2.05) is 59.5 Å². The minimum absolute atomic E-state index is 0.0568. The lowest BCUT2D eigenvalue weighted by atomic mass is 10.0. The van der Waals surface area contributed by atoms with E-state index in [1.54, 1.807) is 6.26 Å². The maximum atomic E-state index is 12.9. The van der Waals surface area contributed by atoms with E-state index in [0.717, 1.165) is 41.8 Å². The molecule has 1 fully saturated rings. The van der Waals surface area contributed by atoms with E-state index in [1.165, 1.54) is 0 Å². The molecule has 24 heavy (non-hydrogen) atoms. The number of hydrogen-bond acceptors (Lipinski definition) is 2. The first-order valence-corrected chi connectivity index (χ1v) is 8.33. The van der Waals surface area contributed by atoms with Crippen molar-refractivity contribution in [3.05, 3.63) is 84.3 Å². The van der Waals surface area contributed by atoms with Crippen molar-refractivity contribution in [2.24, 2.45) is 0 Å². The third-order valence-electron chi connectivity index (χ3n) is 4.62. The van der Waals surface area contributed by atoms with Gasteiger partial charge in [-0.15, -0.1) is 0 Å². The molecule has 3 heteroatoms. The summed E-state index contributed by atoms with van der Waals surface area (Å²) in [4.78, 5) is 14.8. The molecule has 2 aromatic carbocycles. The monoisotopic (exact) mass is 317 g/mol. The molecule has 1 aliphatic rings. The molecule has 1 aromatic heterocycles. The Morgan fingerprint density at radius 3 is 2.38 bits per heavy atom. The van der Waals surface area contributed by atoms with Crippen LogP contribution in [-0.4, -0.2) is 17.4 Å². The first kappa shape index (κ1) is 14.8. The van der Waals surface area contributed by atoms with Crippen molar-refractivity contribution in [1.29, 1.82) is 0 Å². The summed E-state index contributed by atoms with van der Waals surface area (Å²) in [6.07, 6.45) is 3.64. The van der Waals surface area contributed by atoms with E-state index >= 15 is 0 Å². The quantitative estimate of drug-likeness (QED) is 0.686. The number of carbonyl (C=O) groups excluding carboxylic acids is 1. The number of benzene rings is 2. The fourth-order valence-electron chi connectivity index (χ4n) is 3.39. The molecule has 0 bridgehead atoms. The molecule has 120 valence electrons. The van der Waals surface area contributed by atoms with Gasteiger partial charge in [0.15, 0.2) is 0 Å². The highest BCUT2D eigenvalue weighted by Crippen LogP contribution is 2.33. The molecule has 0 spiro atoms. The minimum atomic E-state index is 0.0568. The van der Waals surface area contributed by atoms with Gasteiger partial charge >= 0.3 is 0 Å². The molecule has 0 N–H and O–H groups in total. The van der Waals surface area contributed by atoms with E-state index in [4.69, 9.17) is 4.42 Å². The van der Waals surface area contributed by atoms with Crippen molar-refractivity contribution in [1.82, 2.24) is 4.90 Å². The van der Waals surface area contributed by atoms with E-state index in [9.17, 15) is 4.79 Å². The van der Waals surface area contributed by atoms with Gasteiger partial charge in [0.2, 0.25) is 0 Å². The Balaban J connectivity index is 1.56. The zero-order chi connectivity index (χ0) is 16.4. The third kappa shape index (κ3) is 2.73. The molecule has 3 aromatic rings. The fraction of sp³-hybridized carbons (Fsp3) is 0.190. The first-order chi connectivity index (χ1) is 11.8. The van der Waals surface area contributed by atoms with Gasteiger partial charge in [-0.05, 0) is 48.2 Å². The fourth-order valence-corrected chi connectivity index (χ4v) is 3.39. The van der Waals surface area contributed by atoms with Crippen LogP contribution in [-0.2, 0) is 0 Å². The number of carbonyl (C=O) groups is 1. The number of hydrogen-bond donors (Lipinski definition) is 0. The molecule has 1 atom stereocenters. The molecule has 0 saturated carbocycles. The molecule has 0 aliphatic carbocycles. The smallest absolute Gasteiger partial charge is 0.254 e. The van der Waals surface area contributed by atoms with Crippen LogP contribution in [0.1, 0.15) is 35.0 Å². The molecule has 0 radical (unpaired) electrons.